The molecule has 1 aromatic carbocycles. The van der Waals surface area contributed by atoms with E-state index in [-0.39, 0.29) is 10.9 Å². The van der Waals surface area contributed by atoms with Gasteiger partial charge in [-0.1, -0.05) is 28.8 Å². The highest BCUT2D eigenvalue weighted by molar-refractivity contribution is 9.10. The normalized spacial score (nSPS) is 26.8. The highest BCUT2D eigenvalue weighted by Gasteiger charge is 2.41. The fraction of sp³-hybridized carbons (Fsp3) is 0.600. The monoisotopic (exact) mass is 357 g/mol. The Labute approximate surface area is 130 Å². The van der Waals surface area contributed by atoms with Gasteiger partial charge in [0, 0.05) is 22.0 Å². The molecule has 2 fully saturated rings. The van der Waals surface area contributed by atoms with Gasteiger partial charge in [0.25, 0.3) is 0 Å². The molecule has 0 amide bonds. The van der Waals surface area contributed by atoms with Crippen LogP contribution in [-0.4, -0.2) is 21.7 Å². The minimum atomic E-state index is -1.05. The number of benzene rings is 1. The molecule has 0 aromatic heterocycles. The molecule has 2 aliphatic rings. The van der Waals surface area contributed by atoms with Crippen molar-refractivity contribution in [3.05, 3.63) is 22.7 Å². The zero-order chi connectivity index (χ0) is 14.2. The van der Waals surface area contributed by atoms with Crippen molar-refractivity contribution < 1.29 is 8.95 Å². The lowest BCUT2D eigenvalue weighted by Gasteiger charge is -2.38. The number of halogens is 1. The Morgan fingerprint density at radius 2 is 2.10 bits per heavy atom. The second kappa shape index (κ2) is 5.78. The summed E-state index contributed by atoms with van der Waals surface area (Å²) < 4.78 is 19.8. The third kappa shape index (κ3) is 2.81. The van der Waals surface area contributed by atoms with Crippen LogP contribution in [0.2, 0.25) is 0 Å². The van der Waals surface area contributed by atoms with Crippen LogP contribution in [0.25, 0.3) is 0 Å². The number of rotatable bonds is 2. The summed E-state index contributed by atoms with van der Waals surface area (Å²) in [7, 11) is -1.05. The van der Waals surface area contributed by atoms with E-state index in [1.165, 1.54) is 12.8 Å². The topological polar surface area (TPSA) is 52.3 Å². The quantitative estimate of drug-likeness (QED) is 0.822. The van der Waals surface area contributed by atoms with Crippen LogP contribution >= 0.6 is 15.9 Å². The lowest BCUT2D eigenvalue weighted by atomic mass is 9.92. The summed E-state index contributed by atoms with van der Waals surface area (Å²) in [5.74, 6) is 0. The lowest BCUT2D eigenvalue weighted by molar-refractivity contribution is -0.0708. The van der Waals surface area contributed by atoms with Crippen LogP contribution in [0.5, 0.6) is 0 Å². The predicted molar refractivity (Wildman–Crippen MR) is 85.1 cm³/mol. The van der Waals surface area contributed by atoms with Crippen LogP contribution in [0, 0.1) is 0 Å². The molecule has 1 saturated heterocycles. The first-order valence-electron chi connectivity index (χ1n) is 7.19. The van der Waals surface area contributed by atoms with Crippen molar-refractivity contribution in [1.29, 1.82) is 0 Å². The molecule has 1 heterocycles. The van der Waals surface area contributed by atoms with Gasteiger partial charge in [-0.2, -0.15) is 0 Å². The number of hydrogen-bond acceptors (Lipinski definition) is 3. The summed E-state index contributed by atoms with van der Waals surface area (Å²) in [5.41, 5.74) is 6.62. The fourth-order valence-corrected chi connectivity index (χ4v) is 5.58. The van der Waals surface area contributed by atoms with E-state index in [9.17, 15) is 4.21 Å². The Kier molecular flexibility index (Phi) is 4.20. The van der Waals surface area contributed by atoms with Gasteiger partial charge < -0.3 is 10.5 Å². The largest absolute Gasteiger partial charge is 0.398 e. The molecule has 110 valence electrons. The molecule has 1 spiro atoms. The molecule has 2 N–H and O–H groups in total. The lowest BCUT2D eigenvalue weighted by Crippen LogP contribution is -2.41. The summed E-state index contributed by atoms with van der Waals surface area (Å²) >= 11 is 3.43. The molecule has 1 saturated carbocycles. The summed E-state index contributed by atoms with van der Waals surface area (Å²) in [6.45, 7) is 0.727. The van der Waals surface area contributed by atoms with Gasteiger partial charge in [0.1, 0.15) is 0 Å². The summed E-state index contributed by atoms with van der Waals surface area (Å²) in [5, 5.41) is 0.165. The summed E-state index contributed by atoms with van der Waals surface area (Å²) in [6, 6.07) is 5.60. The smallest absolute Gasteiger partial charge is 0.0694 e. The standard InChI is InChI=1S/C15H20BrNO2S/c16-11-3-4-13(17)14(9-11)20(18)12-5-8-19-15(10-12)6-1-2-7-15/h3-4,9,12H,1-2,5-8,10,17H2. The Morgan fingerprint density at radius 3 is 2.85 bits per heavy atom. The van der Waals surface area contributed by atoms with E-state index in [1.54, 1.807) is 0 Å². The van der Waals surface area contributed by atoms with Crippen LogP contribution < -0.4 is 5.73 Å². The average Bonchev–Trinajstić information content (AvgIpc) is 2.88. The minimum Gasteiger partial charge on any atom is -0.398 e. The molecule has 1 aliphatic heterocycles. The Morgan fingerprint density at radius 1 is 1.35 bits per heavy atom. The molecular weight excluding hydrogens is 338 g/mol. The Balaban J connectivity index is 1.81. The van der Waals surface area contributed by atoms with E-state index in [2.05, 4.69) is 15.9 Å². The third-order valence-corrected chi connectivity index (χ3v) is 6.75. The van der Waals surface area contributed by atoms with Gasteiger partial charge in [-0.3, -0.25) is 4.21 Å². The van der Waals surface area contributed by atoms with Crippen molar-refractivity contribution in [3.8, 4) is 0 Å². The van der Waals surface area contributed by atoms with Crippen molar-refractivity contribution in [2.75, 3.05) is 12.3 Å². The van der Waals surface area contributed by atoms with Gasteiger partial charge in [-0.05, 0) is 43.9 Å². The molecule has 3 rings (SSSR count). The van der Waals surface area contributed by atoms with Crippen molar-refractivity contribution in [1.82, 2.24) is 0 Å². The first-order valence-corrected chi connectivity index (χ1v) is 9.20. The maximum absolute atomic E-state index is 12.9. The van der Waals surface area contributed by atoms with Crippen molar-refractivity contribution >= 4 is 32.4 Å². The van der Waals surface area contributed by atoms with Crippen molar-refractivity contribution in [2.24, 2.45) is 0 Å². The van der Waals surface area contributed by atoms with Gasteiger partial charge in [0.15, 0.2) is 0 Å². The zero-order valence-corrected chi connectivity index (χ0v) is 13.8. The van der Waals surface area contributed by atoms with Crippen LogP contribution in [0.15, 0.2) is 27.6 Å². The molecule has 2 atom stereocenters. The molecule has 1 aromatic rings. The van der Waals surface area contributed by atoms with Gasteiger partial charge >= 0.3 is 0 Å². The Bertz CT molecular complexity index is 529. The number of hydrogen-bond donors (Lipinski definition) is 1. The second-order valence-corrected chi connectivity index (χ2v) is 8.45. The number of anilines is 1. The number of ether oxygens (including phenoxy) is 1. The van der Waals surface area contributed by atoms with Crippen LogP contribution in [-0.2, 0) is 15.5 Å². The SMILES string of the molecule is Nc1ccc(Br)cc1S(=O)C1CCOC2(CCCC2)C1. The second-order valence-electron chi connectivity index (χ2n) is 5.83. The molecule has 0 bridgehead atoms. The zero-order valence-electron chi connectivity index (χ0n) is 11.4. The molecule has 20 heavy (non-hydrogen) atoms. The van der Waals surface area contributed by atoms with E-state index in [4.69, 9.17) is 10.5 Å². The van der Waals surface area contributed by atoms with E-state index >= 15 is 0 Å². The number of nitrogens with two attached hydrogens (primary N) is 1. The first kappa shape index (κ1) is 14.5. The first-order chi connectivity index (χ1) is 9.60. The van der Waals surface area contributed by atoms with E-state index < -0.39 is 10.8 Å². The maximum Gasteiger partial charge on any atom is 0.0694 e. The predicted octanol–water partition coefficient (Wildman–Crippen LogP) is 3.63. The molecule has 0 radical (unpaired) electrons. The van der Waals surface area contributed by atoms with Crippen LogP contribution in [0.4, 0.5) is 5.69 Å². The molecular formula is C15H20BrNO2S. The van der Waals surface area contributed by atoms with Gasteiger partial charge in [0.05, 0.1) is 21.3 Å². The minimum absolute atomic E-state index is 0.000644. The highest BCUT2D eigenvalue weighted by Crippen LogP contribution is 2.42. The highest BCUT2D eigenvalue weighted by atomic mass is 79.9. The molecule has 5 heteroatoms. The van der Waals surface area contributed by atoms with E-state index in [0.717, 1.165) is 41.7 Å². The molecule has 2 unspecified atom stereocenters. The summed E-state index contributed by atoms with van der Waals surface area (Å²) in [4.78, 5) is 0.763. The molecule has 1 aliphatic carbocycles. The van der Waals surface area contributed by atoms with Gasteiger partial charge in [-0.15, -0.1) is 0 Å². The Hall–Kier alpha value is -0.390. The van der Waals surface area contributed by atoms with Crippen LogP contribution in [0.3, 0.4) is 0 Å². The van der Waals surface area contributed by atoms with Crippen molar-refractivity contribution in [2.45, 2.75) is 54.3 Å². The third-order valence-electron chi connectivity index (χ3n) is 4.46. The van der Waals surface area contributed by atoms with Crippen molar-refractivity contribution in [3.63, 3.8) is 0 Å². The van der Waals surface area contributed by atoms with E-state index in [0.29, 0.717) is 5.69 Å². The summed E-state index contributed by atoms with van der Waals surface area (Å²) in [6.07, 6.45) is 6.48. The fourth-order valence-electron chi connectivity index (χ4n) is 3.40. The van der Waals surface area contributed by atoms with Gasteiger partial charge in [-0.25, -0.2) is 0 Å². The maximum atomic E-state index is 12.9. The van der Waals surface area contributed by atoms with Crippen LogP contribution in [0.1, 0.15) is 38.5 Å². The molecule has 3 nitrogen and oxygen atoms in total. The van der Waals surface area contributed by atoms with E-state index in [1.807, 2.05) is 18.2 Å². The average molecular weight is 358 g/mol. The number of nitrogen functional groups attached to an aromatic ring is 1. The van der Waals surface area contributed by atoms with Gasteiger partial charge in [0.2, 0.25) is 0 Å².